The van der Waals surface area contributed by atoms with Crippen LogP contribution >= 0.6 is 0 Å². The molecular formula is C20H24N6O2. The topological polar surface area (TPSA) is 83.7 Å². The lowest BCUT2D eigenvalue weighted by atomic mass is 9.96. The Kier molecular flexibility index (Phi) is 5.18. The Hall–Kier alpha value is -3.03. The van der Waals surface area contributed by atoms with E-state index in [2.05, 4.69) is 15.3 Å². The molecule has 2 aromatic rings. The molecule has 0 unspecified atom stereocenters. The Morgan fingerprint density at radius 2 is 2.04 bits per heavy atom. The van der Waals surface area contributed by atoms with Crippen molar-refractivity contribution in [2.75, 3.05) is 13.1 Å². The maximum atomic E-state index is 13.1. The summed E-state index contributed by atoms with van der Waals surface area (Å²) >= 11 is 0. The SMILES string of the molecule is Cn1cnnc1[C@@H]1CCCN(C(=O)C2=NN(Cc3ccccc3)C(=O)CC2)C1. The molecule has 8 heteroatoms. The molecule has 1 aromatic heterocycles. The van der Waals surface area contributed by atoms with Gasteiger partial charge in [-0.2, -0.15) is 5.10 Å². The summed E-state index contributed by atoms with van der Waals surface area (Å²) < 4.78 is 1.91. The number of carbonyl (C=O) groups excluding carboxylic acids is 2. The first-order chi connectivity index (χ1) is 13.6. The highest BCUT2D eigenvalue weighted by atomic mass is 16.2. The lowest BCUT2D eigenvalue weighted by Crippen LogP contribution is -2.45. The third-order valence-electron chi connectivity index (χ3n) is 5.35. The van der Waals surface area contributed by atoms with Crippen molar-refractivity contribution in [1.82, 2.24) is 24.7 Å². The molecule has 0 spiro atoms. The average molecular weight is 380 g/mol. The molecule has 1 fully saturated rings. The summed E-state index contributed by atoms with van der Waals surface area (Å²) in [7, 11) is 1.92. The highest BCUT2D eigenvalue weighted by molar-refractivity contribution is 6.39. The first-order valence-electron chi connectivity index (χ1n) is 9.67. The number of amides is 2. The van der Waals surface area contributed by atoms with E-state index in [1.165, 1.54) is 5.01 Å². The number of hydrazone groups is 1. The van der Waals surface area contributed by atoms with Crippen LogP contribution in [0.3, 0.4) is 0 Å². The molecule has 0 saturated carbocycles. The predicted octanol–water partition coefficient (Wildman–Crippen LogP) is 1.70. The number of carbonyl (C=O) groups is 2. The fraction of sp³-hybridized carbons (Fsp3) is 0.450. The molecule has 1 atom stereocenters. The van der Waals surface area contributed by atoms with E-state index in [9.17, 15) is 9.59 Å². The van der Waals surface area contributed by atoms with Crippen LogP contribution in [-0.4, -0.2) is 55.3 Å². The minimum absolute atomic E-state index is 0.0454. The molecule has 2 amide bonds. The lowest BCUT2D eigenvalue weighted by molar-refractivity contribution is -0.132. The van der Waals surface area contributed by atoms with E-state index in [4.69, 9.17) is 0 Å². The van der Waals surface area contributed by atoms with E-state index in [1.54, 1.807) is 6.33 Å². The fourth-order valence-corrected chi connectivity index (χ4v) is 3.85. The van der Waals surface area contributed by atoms with Crippen molar-refractivity contribution >= 4 is 17.5 Å². The molecule has 146 valence electrons. The van der Waals surface area contributed by atoms with Gasteiger partial charge in [0.05, 0.1) is 6.54 Å². The number of nitrogens with zero attached hydrogens (tertiary/aromatic N) is 6. The zero-order valence-corrected chi connectivity index (χ0v) is 16.0. The summed E-state index contributed by atoms with van der Waals surface area (Å²) in [5, 5.41) is 14.0. The standard InChI is InChI=1S/C20H24N6O2/c1-24-14-21-22-19(24)16-8-5-11-25(13-16)20(28)17-9-10-18(27)26(23-17)12-15-6-3-2-4-7-15/h2-4,6-7,14,16H,5,8-13H2,1H3/t16-/m1/s1. The minimum atomic E-state index is -0.0718. The van der Waals surface area contributed by atoms with E-state index in [0.29, 0.717) is 38.2 Å². The third-order valence-corrected chi connectivity index (χ3v) is 5.35. The molecule has 8 nitrogen and oxygen atoms in total. The number of hydrogen-bond donors (Lipinski definition) is 0. The number of hydrogen-bond acceptors (Lipinski definition) is 5. The van der Waals surface area contributed by atoms with Gasteiger partial charge in [0.1, 0.15) is 17.9 Å². The van der Waals surface area contributed by atoms with Crippen molar-refractivity contribution in [3.8, 4) is 0 Å². The van der Waals surface area contributed by atoms with Gasteiger partial charge in [-0.3, -0.25) is 9.59 Å². The molecule has 2 aliphatic heterocycles. The highest BCUT2D eigenvalue weighted by Gasteiger charge is 2.32. The van der Waals surface area contributed by atoms with Gasteiger partial charge in [-0.15, -0.1) is 10.2 Å². The van der Waals surface area contributed by atoms with Gasteiger partial charge in [-0.05, 0) is 18.4 Å². The van der Waals surface area contributed by atoms with Gasteiger partial charge in [0.2, 0.25) is 5.91 Å². The number of aromatic nitrogens is 3. The smallest absolute Gasteiger partial charge is 0.270 e. The van der Waals surface area contributed by atoms with Crippen LogP contribution in [0.25, 0.3) is 0 Å². The molecule has 0 radical (unpaired) electrons. The molecule has 3 heterocycles. The van der Waals surface area contributed by atoms with Crippen molar-refractivity contribution in [2.45, 2.75) is 38.1 Å². The zero-order valence-electron chi connectivity index (χ0n) is 16.0. The average Bonchev–Trinajstić information content (AvgIpc) is 3.16. The Bertz CT molecular complexity index is 891. The summed E-state index contributed by atoms with van der Waals surface area (Å²) in [6, 6.07) is 9.70. The molecule has 1 aromatic carbocycles. The van der Waals surface area contributed by atoms with Gasteiger partial charge >= 0.3 is 0 Å². The van der Waals surface area contributed by atoms with Gasteiger partial charge in [-0.1, -0.05) is 30.3 Å². The van der Waals surface area contributed by atoms with E-state index in [-0.39, 0.29) is 17.7 Å². The summed E-state index contributed by atoms with van der Waals surface area (Å²) in [5.41, 5.74) is 1.46. The largest absolute Gasteiger partial charge is 0.337 e. The summed E-state index contributed by atoms with van der Waals surface area (Å²) in [6.07, 6.45) is 4.31. The van der Waals surface area contributed by atoms with Crippen LogP contribution in [0.1, 0.15) is 43.0 Å². The van der Waals surface area contributed by atoms with Crippen LogP contribution in [0.5, 0.6) is 0 Å². The number of piperidine rings is 1. The molecule has 4 rings (SSSR count). The molecule has 0 aliphatic carbocycles. The Morgan fingerprint density at radius 1 is 1.21 bits per heavy atom. The predicted molar refractivity (Wildman–Crippen MR) is 103 cm³/mol. The van der Waals surface area contributed by atoms with E-state index in [0.717, 1.165) is 24.2 Å². The summed E-state index contributed by atoms with van der Waals surface area (Å²) in [4.78, 5) is 27.2. The Labute approximate surface area is 163 Å². The molecular weight excluding hydrogens is 356 g/mol. The Balaban J connectivity index is 1.48. The monoisotopic (exact) mass is 380 g/mol. The maximum Gasteiger partial charge on any atom is 0.270 e. The van der Waals surface area contributed by atoms with E-state index in [1.807, 2.05) is 46.8 Å². The van der Waals surface area contributed by atoms with Crippen molar-refractivity contribution in [3.05, 3.63) is 48.0 Å². The van der Waals surface area contributed by atoms with Crippen LogP contribution in [0.2, 0.25) is 0 Å². The lowest BCUT2D eigenvalue weighted by Gasteiger charge is -2.33. The normalized spacial score (nSPS) is 20.2. The van der Waals surface area contributed by atoms with Crippen molar-refractivity contribution < 1.29 is 9.59 Å². The van der Waals surface area contributed by atoms with Crippen molar-refractivity contribution in [2.24, 2.45) is 12.1 Å². The third kappa shape index (κ3) is 3.81. The zero-order chi connectivity index (χ0) is 19.5. The van der Waals surface area contributed by atoms with Crippen LogP contribution < -0.4 is 0 Å². The second kappa shape index (κ2) is 7.92. The van der Waals surface area contributed by atoms with E-state index < -0.39 is 0 Å². The Morgan fingerprint density at radius 3 is 2.79 bits per heavy atom. The molecule has 1 saturated heterocycles. The fourth-order valence-electron chi connectivity index (χ4n) is 3.85. The molecule has 0 N–H and O–H groups in total. The number of aryl methyl sites for hydroxylation is 1. The van der Waals surface area contributed by atoms with Gasteiger partial charge in [0, 0.05) is 38.9 Å². The molecule has 0 bridgehead atoms. The van der Waals surface area contributed by atoms with Crippen LogP contribution in [0.15, 0.2) is 41.8 Å². The quantitative estimate of drug-likeness (QED) is 0.808. The summed E-state index contributed by atoms with van der Waals surface area (Å²) in [5.74, 6) is 0.967. The molecule has 28 heavy (non-hydrogen) atoms. The van der Waals surface area contributed by atoms with Gasteiger partial charge in [0.25, 0.3) is 5.91 Å². The van der Waals surface area contributed by atoms with Gasteiger partial charge in [-0.25, -0.2) is 5.01 Å². The van der Waals surface area contributed by atoms with Gasteiger partial charge in [0.15, 0.2) is 0 Å². The maximum absolute atomic E-state index is 13.1. The number of benzene rings is 1. The minimum Gasteiger partial charge on any atom is -0.337 e. The first-order valence-corrected chi connectivity index (χ1v) is 9.67. The highest BCUT2D eigenvalue weighted by Crippen LogP contribution is 2.26. The van der Waals surface area contributed by atoms with Crippen LogP contribution in [0.4, 0.5) is 0 Å². The molecule has 2 aliphatic rings. The number of rotatable bonds is 4. The van der Waals surface area contributed by atoms with Crippen LogP contribution in [0, 0.1) is 0 Å². The van der Waals surface area contributed by atoms with E-state index >= 15 is 0 Å². The van der Waals surface area contributed by atoms with Crippen LogP contribution in [-0.2, 0) is 23.2 Å². The van der Waals surface area contributed by atoms with Crippen molar-refractivity contribution in [3.63, 3.8) is 0 Å². The van der Waals surface area contributed by atoms with Gasteiger partial charge < -0.3 is 9.47 Å². The second-order valence-corrected chi connectivity index (χ2v) is 7.37. The second-order valence-electron chi connectivity index (χ2n) is 7.37. The summed E-state index contributed by atoms with van der Waals surface area (Å²) in [6.45, 7) is 1.70. The van der Waals surface area contributed by atoms with Crippen molar-refractivity contribution in [1.29, 1.82) is 0 Å². The first kappa shape index (κ1) is 18.3. The number of likely N-dealkylation sites (tertiary alicyclic amines) is 1.